The van der Waals surface area contributed by atoms with Crippen LogP contribution in [0.2, 0.25) is 0 Å². The van der Waals surface area contributed by atoms with Crippen LogP contribution in [0.4, 0.5) is 0 Å². The molecule has 2 aromatic carbocycles. The molecule has 33 heavy (non-hydrogen) atoms. The maximum absolute atomic E-state index is 12.8. The second-order valence-electron chi connectivity index (χ2n) is 9.25. The first-order valence-electron chi connectivity index (χ1n) is 11.7. The zero-order valence-electron chi connectivity index (χ0n) is 20.2. The van der Waals surface area contributed by atoms with Crippen molar-refractivity contribution in [2.45, 2.75) is 64.7 Å². The normalized spacial score (nSPS) is 17.4. The largest absolute Gasteiger partial charge is 0.494 e. The van der Waals surface area contributed by atoms with Crippen LogP contribution in [-0.4, -0.2) is 44.3 Å². The molecular weight excluding hydrogens is 438 g/mol. The highest BCUT2D eigenvalue weighted by molar-refractivity contribution is 7.88. The standard InChI is InChI=1S/C26H37NO5S/c1-5-6-17-31-22-13-14-25-23(18-22)24(19-26(2,3)32-25)27(33(4,28)29)15-10-16-30-20-21-11-8-7-9-12-21/h7-9,11-14,18,24H,5-6,10,15-17,19-20H2,1-4H3. The number of nitrogens with zero attached hydrogens (tertiary/aromatic N) is 1. The van der Waals surface area contributed by atoms with Crippen molar-refractivity contribution in [1.82, 2.24) is 4.31 Å². The van der Waals surface area contributed by atoms with E-state index < -0.39 is 15.6 Å². The molecule has 1 heterocycles. The molecule has 0 saturated carbocycles. The van der Waals surface area contributed by atoms with E-state index in [4.69, 9.17) is 14.2 Å². The van der Waals surface area contributed by atoms with Crippen LogP contribution in [0.1, 0.15) is 63.6 Å². The second kappa shape index (κ2) is 11.4. The lowest BCUT2D eigenvalue weighted by molar-refractivity contribution is 0.0473. The van der Waals surface area contributed by atoms with Crippen molar-refractivity contribution in [3.63, 3.8) is 0 Å². The molecule has 7 heteroatoms. The van der Waals surface area contributed by atoms with E-state index in [2.05, 4.69) is 6.92 Å². The van der Waals surface area contributed by atoms with Crippen molar-refractivity contribution < 1.29 is 22.6 Å². The molecule has 0 N–H and O–H groups in total. The SMILES string of the molecule is CCCCOc1ccc2c(c1)C(N(CCCOCc1ccccc1)S(C)(=O)=O)CC(C)(C)O2. The second-order valence-corrected chi connectivity index (χ2v) is 11.2. The van der Waals surface area contributed by atoms with E-state index in [1.807, 2.05) is 62.4 Å². The van der Waals surface area contributed by atoms with E-state index in [0.29, 0.717) is 45.0 Å². The van der Waals surface area contributed by atoms with Crippen LogP contribution >= 0.6 is 0 Å². The number of hydrogen-bond acceptors (Lipinski definition) is 5. The van der Waals surface area contributed by atoms with Gasteiger partial charge in [0, 0.05) is 25.1 Å². The average Bonchev–Trinajstić information content (AvgIpc) is 2.75. The summed E-state index contributed by atoms with van der Waals surface area (Å²) in [5.74, 6) is 1.46. The van der Waals surface area contributed by atoms with Crippen LogP contribution in [0.3, 0.4) is 0 Å². The lowest BCUT2D eigenvalue weighted by Crippen LogP contribution is -2.44. The molecule has 3 rings (SSSR count). The summed E-state index contributed by atoms with van der Waals surface area (Å²) in [6.07, 6.45) is 4.49. The zero-order valence-corrected chi connectivity index (χ0v) is 21.1. The monoisotopic (exact) mass is 475 g/mol. The minimum atomic E-state index is -3.45. The predicted molar refractivity (Wildman–Crippen MR) is 131 cm³/mol. The Balaban J connectivity index is 1.73. The van der Waals surface area contributed by atoms with E-state index in [1.54, 1.807) is 4.31 Å². The number of rotatable bonds is 12. The van der Waals surface area contributed by atoms with Crippen LogP contribution in [0.5, 0.6) is 11.5 Å². The number of unbranched alkanes of at least 4 members (excludes halogenated alkanes) is 1. The summed E-state index contributed by atoms with van der Waals surface area (Å²) in [5, 5.41) is 0. The van der Waals surface area contributed by atoms with Crippen LogP contribution in [0, 0.1) is 0 Å². The van der Waals surface area contributed by atoms with E-state index in [1.165, 1.54) is 6.26 Å². The minimum Gasteiger partial charge on any atom is -0.494 e. The van der Waals surface area contributed by atoms with Gasteiger partial charge in [0.2, 0.25) is 10.0 Å². The predicted octanol–water partition coefficient (Wildman–Crippen LogP) is 5.34. The summed E-state index contributed by atoms with van der Waals surface area (Å²) in [6, 6.07) is 15.4. The Hall–Kier alpha value is -2.09. The number of ether oxygens (including phenoxy) is 3. The molecule has 0 saturated heterocycles. The van der Waals surface area contributed by atoms with Gasteiger partial charge >= 0.3 is 0 Å². The van der Waals surface area contributed by atoms with Crippen molar-refractivity contribution >= 4 is 10.0 Å². The van der Waals surface area contributed by atoms with Gasteiger partial charge in [-0.1, -0.05) is 43.7 Å². The lowest BCUT2D eigenvalue weighted by atomic mass is 9.89. The Morgan fingerprint density at radius 2 is 1.85 bits per heavy atom. The Kier molecular flexibility index (Phi) is 8.79. The highest BCUT2D eigenvalue weighted by Crippen LogP contribution is 2.44. The average molecular weight is 476 g/mol. The number of sulfonamides is 1. The van der Waals surface area contributed by atoms with E-state index in [0.717, 1.165) is 29.7 Å². The maximum atomic E-state index is 12.8. The third-order valence-corrected chi connectivity index (χ3v) is 7.02. The Morgan fingerprint density at radius 1 is 1.09 bits per heavy atom. The van der Waals surface area contributed by atoms with Gasteiger partial charge in [0.15, 0.2) is 0 Å². The first kappa shape index (κ1) is 25.5. The molecule has 1 aliphatic heterocycles. The van der Waals surface area contributed by atoms with Gasteiger partial charge in [0.1, 0.15) is 17.1 Å². The summed E-state index contributed by atoms with van der Waals surface area (Å²) >= 11 is 0. The smallest absolute Gasteiger partial charge is 0.211 e. The van der Waals surface area contributed by atoms with Crippen LogP contribution in [-0.2, 0) is 21.4 Å². The van der Waals surface area contributed by atoms with E-state index >= 15 is 0 Å². The Labute approximate surface area is 198 Å². The van der Waals surface area contributed by atoms with Gasteiger partial charge in [-0.15, -0.1) is 0 Å². The van der Waals surface area contributed by atoms with Gasteiger partial charge in [-0.3, -0.25) is 0 Å². The third-order valence-electron chi connectivity index (χ3n) is 5.73. The molecule has 182 valence electrons. The molecule has 0 fully saturated rings. The number of fused-ring (bicyclic) bond motifs is 1. The van der Waals surface area contributed by atoms with E-state index in [9.17, 15) is 8.42 Å². The first-order valence-corrected chi connectivity index (χ1v) is 13.6. The molecule has 1 unspecified atom stereocenters. The highest BCUT2D eigenvalue weighted by Gasteiger charge is 2.40. The minimum absolute atomic E-state index is 0.317. The molecule has 6 nitrogen and oxygen atoms in total. The lowest BCUT2D eigenvalue weighted by Gasteiger charge is -2.41. The summed E-state index contributed by atoms with van der Waals surface area (Å²) in [4.78, 5) is 0. The highest BCUT2D eigenvalue weighted by atomic mass is 32.2. The molecule has 1 aliphatic rings. The van der Waals surface area contributed by atoms with Crippen LogP contribution in [0.25, 0.3) is 0 Å². The quantitative estimate of drug-likeness (QED) is 0.388. The molecule has 0 spiro atoms. The van der Waals surface area contributed by atoms with Crippen LogP contribution < -0.4 is 9.47 Å². The molecule has 0 aliphatic carbocycles. The third kappa shape index (κ3) is 7.45. The topological polar surface area (TPSA) is 65.1 Å². The van der Waals surface area contributed by atoms with Crippen molar-refractivity contribution in [1.29, 1.82) is 0 Å². The molecule has 0 amide bonds. The summed E-state index contributed by atoms with van der Waals surface area (Å²) in [5.41, 5.74) is 1.49. The van der Waals surface area contributed by atoms with Crippen molar-refractivity contribution in [3.8, 4) is 11.5 Å². The van der Waals surface area contributed by atoms with Gasteiger partial charge in [0.05, 0.1) is 25.5 Å². The fraction of sp³-hybridized carbons (Fsp3) is 0.538. The Morgan fingerprint density at radius 3 is 2.55 bits per heavy atom. The summed E-state index contributed by atoms with van der Waals surface area (Å²) in [7, 11) is -3.45. The van der Waals surface area contributed by atoms with Crippen molar-refractivity contribution in [2.75, 3.05) is 26.0 Å². The molecule has 1 atom stereocenters. The van der Waals surface area contributed by atoms with Gasteiger partial charge in [-0.05, 0) is 50.5 Å². The molecule has 0 aromatic heterocycles. The van der Waals surface area contributed by atoms with Crippen LogP contribution in [0.15, 0.2) is 48.5 Å². The van der Waals surface area contributed by atoms with Gasteiger partial charge in [0.25, 0.3) is 0 Å². The molecule has 0 radical (unpaired) electrons. The first-order chi connectivity index (χ1) is 15.7. The van der Waals surface area contributed by atoms with Gasteiger partial charge in [-0.25, -0.2) is 8.42 Å². The molecular formula is C26H37NO5S. The summed E-state index contributed by atoms with van der Waals surface area (Å²) in [6.45, 7) is 8.15. The number of benzene rings is 2. The molecule has 2 aromatic rings. The summed E-state index contributed by atoms with van der Waals surface area (Å²) < 4.78 is 45.1. The molecule has 0 bridgehead atoms. The fourth-order valence-electron chi connectivity index (χ4n) is 4.12. The zero-order chi connectivity index (χ0) is 23.9. The van der Waals surface area contributed by atoms with Gasteiger partial charge in [-0.2, -0.15) is 4.31 Å². The van der Waals surface area contributed by atoms with E-state index in [-0.39, 0.29) is 6.04 Å². The van der Waals surface area contributed by atoms with Gasteiger partial charge < -0.3 is 14.2 Å². The van der Waals surface area contributed by atoms with Crippen molar-refractivity contribution in [2.24, 2.45) is 0 Å². The number of hydrogen-bond donors (Lipinski definition) is 0. The van der Waals surface area contributed by atoms with Crippen molar-refractivity contribution in [3.05, 3.63) is 59.7 Å². The Bertz CT molecular complexity index is 991. The fourth-order valence-corrected chi connectivity index (χ4v) is 5.23. The maximum Gasteiger partial charge on any atom is 0.211 e.